The Kier molecular flexibility index (Phi) is 2.63. The number of carbonyl (C=O) groups is 1. The van der Waals surface area contributed by atoms with Crippen molar-refractivity contribution < 1.29 is 9.53 Å². The maximum atomic E-state index is 11.7. The Morgan fingerprint density at radius 2 is 2.28 bits per heavy atom. The summed E-state index contributed by atoms with van der Waals surface area (Å²) in [4.78, 5) is 15.8. The van der Waals surface area contributed by atoms with Crippen LogP contribution >= 0.6 is 0 Å². The molecule has 3 rings (SSSR count). The summed E-state index contributed by atoms with van der Waals surface area (Å²) < 4.78 is 6.70. The molecule has 0 saturated heterocycles. The molecule has 2 aromatic rings. The Bertz CT molecular complexity index is 589. The van der Waals surface area contributed by atoms with E-state index in [9.17, 15) is 4.79 Å². The second-order valence-corrected chi connectivity index (χ2v) is 4.43. The van der Waals surface area contributed by atoms with E-state index < -0.39 is 0 Å². The predicted molar refractivity (Wildman–Crippen MR) is 66.5 cm³/mol. The van der Waals surface area contributed by atoms with Crippen LogP contribution in [0, 0.1) is 0 Å². The van der Waals surface area contributed by atoms with Crippen molar-refractivity contribution in [3.8, 4) is 0 Å². The Morgan fingerprint density at radius 3 is 3.11 bits per heavy atom. The first-order valence-electron chi connectivity index (χ1n) is 5.99. The van der Waals surface area contributed by atoms with Crippen LogP contribution < -0.4 is 0 Å². The van der Waals surface area contributed by atoms with Crippen molar-refractivity contribution in [3.05, 3.63) is 53.6 Å². The summed E-state index contributed by atoms with van der Waals surface area (Å²) in [7, 11) is 1.39. The average Bonchev–Trinajstić information content (AvgIpc) is 3.03. The van der Waals surface area contributed by atoms with Gasteiger partial charge in [-0.3, -0.25) is 0 Å². The van der Waals surface area contributed by atoms with E-state index in [-0.39, 0.29) is 12.0 Å². The van der Waals surface area contributed by atoms with Gasteiger partial charge >= 0.3 is 5.97 Å². The standard InChI is InChI=1S/C14H14N2O2/c1-18-14(17)13-8-15-9-16(13)12-7-6-10-4-2-3-5-11(10)12/h2-5,8-9,12H,6-7H2,1H3/t12-/m1/s1. The molecule has 4 heteroatoms. The van der Waals surface area contributed by atoms with Gasteiger partial charge in [0.15, 0.2) is 0 Å². The number of ether oxygens (including phenoxy) is 1. The Balaban J connectivity index is 2.03. The third-order valence-electron chi connectivity index (χ3n) is 3.50. The van der Waals surface area contributed by atoms with Crippen molar-refractivity contribution in [2.45, 2.75) is 18.9 Å². The Labute approximate surface area is 105 Å². The summed E-state index contributed by atoms with van der Waals surface area (Å²) >= 11 is 0. The van der Waals surface area contributed by atoms with Crippen molar-refractivity contribution in [2.75, 3.05) is 7.11 Å². The molecule has 1 atom stereocenters. The second kappa shape index (κ2) is 4.29. The van der Waals surface area contributed by atoms with Gasteiger partial charge < -0.3 is 9.30 Å². The van der Waals surface area contributed by atoms with E-state index >= 15 is 0 Å². The van der Waals surface area contributed by atoms with Gasteiger partial charge in [-0.15, -0.1) is 0 Å². The first-order chi connectivity index (χ1) is 8.81. The topological polar surface area (TPSA) is 44.1 Å². The smallest absolute Gasteiger partial charge is 0.356 e. The van der Waals surface area contributed by atoms with Gasteiger partial charge in [-0.1, -0.05) is 24.3 Å². The molecule has 1 aliphatic rings. The van der Waals surface area contributed by atoms with Crippen molar-refractivity contribution in [2.24, 2.45) is 0 Å². The molecule has 0 saturated carbocycles. The molecule has 0 radical (unpaired) electrons. The fraction of sp³-hybridized carbons (Fsp3) is 0.286. The van der Waals surface area contributed by atoms with Gasteiger partial charge in [0.05, 0.1) is 25.7 Å². The highest BCUT2D eigenvalue weighted by Crippen LogP contribution is 2.34. The molecule has 1 aromatic carbocycles. The fourth-order valence-corrected chi connectivity index (χ4v) is 2.64. The van der Waals surface area contributed by atoms with Crippen LogP contribution in [0.25, 0.3) is 0 Å². The molecule has 0 aliphatic heterocycles. The molecule has 1 aliphatic carbocycles. The highest BCUT2D eigenvalue weighted by molar-refractivity contribution is 5.87. The predicted octanol–water partition coefficient (Wildman–Crippen LogP) is 2.21. The lowest BCUT2D eigenvalue weighted by molar-refractivity contribution is 0.0587. The highest BCUT2D eigenvalue weighted by Gasteiger charge is 2.26. The van der Waals surface area contributed by atoms with E-state index in [1.54, 1.807) is 12.5 Å². The van der Waals surface area contributed by atoms with Gasteiger partial charge in [-0.2, -0.15) is 0 Å². The van der Waals surface area contributed by atoms with Crippen molar-refractivity contribution in [1.82, 2.24) is 9.55 Å². The lowest BCUT2D eigenvalue weighted by Gasteiger charge is -2.15. The molecule has 0 N–H and O–H groups in total. The monoisotopic (exact) mass is 242 g/mol. The summed E-state index contributed by atoms with van der Waals surface area (Å²) in [6, 6.07) is 8.54. The molecule has 4 nitrogen and oxygen atoms in total. The number of fused-ring (bicyclic) bond motifs is 1. The molecule has 0 fully saturated rings. The van der Waals surface area contributed by atoms with E-state index in [0.717, 1.165) is 12.8 Å². The molecular weight excluding hydrogens is 228 g/mol. The fourth-order valence-electron chi connectivity index (χ4n) is 2.64. The van der Waals surface area contributed by atoms with Crippen LogP contribution in [0.4, 0.5) is 0 Å². The van der Waals surface area contributed by atoms with E-state index in [4.69, 9.17) is 4.74 Å². The number of hydrogen-bond acceptors (Lipinski definition) is 3. The molecule has 0 bridgehead atoms. The first-order valence-corrected chi connectivity index (χ1v) is 5.99. The van der Waals surface area contributed by atoms with Gasteiger partial charge in [0.25, 0.3) is 0 Å². The summed E-state index contributed by atoms with van der Waals surface area (Å²) in [5.41, 5.74) is 3.15. The molecule has 92 valence electrons. The number of rotatable bonds is 2. The lowest BCUT2D eigenvalue weighted by atomic mass is 10.1. The summed E-state index contributed by atoms with van der Waals surface area (Å²) in [6.45, 7) is 0. The molecule has 1 aromatic heterocycles. The quantitative estimate of drug-likeness (QED) is 0.758. The zero-order valence-corrected chi connectivity index (χ0v) is 10.2. The van der Waals surface area contributed by atoms with Crippen LogP contribution in [0.2, 0.25) is 0 Å². The van der Waals surface area contributed by atoms with Crippen LogP contribution in [-0.2, 0) is 11.2 Å². The highest BCUT2D eigenvalue weighted by atomic mass is 16.5. The summed E-state index contributed by atoms with van der Waals surface area (Å²) in [6.07, 6.45) is 5.31. The summed E-state index contributed by atoms with van der Waals surface area (Å²) in [5.74, 6) is -0.336. The van der Waals surface area contributed by atoms with Gasteiger partial charge in [0.2, 0.25) is 0 Å². The minimum absolute atomic E-state index is 0.192. The van der Waals surface area contributed by atoms with Crippen LogP contribution in [0.1, 0.15) is 34.1 Å². The van der Waals surface area contributed by atoms with E-state index in [2.05, 4.69) is 23.2 Å². The number of benzene rings is 1. The summed E-state index contributed by atoms with van der Waals surface area (Å²) in [5, 5.41) is 0. The molecule has 18 heavy (non-hydrogen) atoms. The van der Waals surface area contributed by atoms with Gasteiger partial charge in [-0.05, 0) is 24.0 Å². The number of carbonyl (C=O) groups excluding carboxylic acids is 1. The van der Waals surface area contributed by atoms with Gasteiger partial charge in [0, 0.05) is 0 Å². The number of aromatic nitrogens is 2. The normalized spacial score (nSPS) is 17.5. The van der Waals surface area contributed by atoms with Crippen molar-refractivity contribution >= 4 is 5.97 Å². The zero-order chi connectivity index (χ0) is 12.5. The van der Waals surface area contributed by atoms with Gasteiger partial charge in [0.1, 0.15) is 5.69 Å². The number of methoxy groups -OCH3 is 1. The Morgan fingerprint density at radius 1 is 1.44 bits per heavy atom. The molecule has 0 unspecified atom stereocenters. The minimum atomic E-state index is -0.336. The lowest BCUT2D eigenvalue weighted by Crippen LogP contribution is -2.14. The largest absolute Gasteiger partial charge is 0.464 e. The maximum absolute atomic E-state index is 11.7. The van der Waals surface area contributed by atoms with Gasteiger partial charge in [-0.25, -0.2) is 9.78 Å². The molecule has 1 heterocycles. The SMILES string of the molecule is COC(=O)c1cncn1[C@@H]1CCc2ccccc21. The first kappa shape index (κ1) is 11.0. The van der Waals surface area contributed by atoms with Crippen molar-refractivity contribution in [1.29, 1.82) is 0 Å². The average molecular weight is 242 g/mol. The number of aryl methyl sites for hydroxylation is 1. The third-order valence-corrected chi connectivity index (χ3v) is 3.50. The van der Waals surface area contributed by atoms with E-state index in [1.165, 1.54) is 18.2 Å². The molecule has 0 spiro atoms. The third kappa shape index (κ3) is 1.61. The van der Waals surface area contributed by atoms with E-state index in [0.29, 0.717) is 5.69 Å². The second-order valence-electron chi connectivity index (χ2n) is 4.43. The number of esters is 1. The number of hydrogen-bond donors (Lipinski definition) is 0. The molecule has 0 amide bonds. The van der Waals surface area contributed by atoms with Crippen LogP contribution in [0.5, 0.6) is 0 Å². The minimum Gasteiger partial charge on any atom is -0.464 e. The number of imidazole rings is 1. The van der Waals surface area contributed by atoms with Crippen LogP contribution in [-0.4, -0.2) is 22.6 Å². The van der Waals surface area contributed by atoms with E-state index in [1.807, 2.05) is 10.6 Å². The zero-order valence-electron chi connectivity index (χ0n) is 10.2. The molecular formula is C14H14N2O2. The Hall–Kier alpha value is -2.10. The van der Waals surface area contributed by atoms with Crippen LogP contribution in [0.15, 0.2) is 36.8 Å². The van der Waals surface area contributed by atoms with Crippen LogP contribution in [0.3, 0.4) is 0 Å². The number of nitrogens with zero attached hydrogens (tertiary/aromatic N) is 2. The van der Waals surface area contributed by atoms with Crippen molar-refractivity contribution in [3.63, 3.8) is 0 Å². The maximum Gasteiger partial charge on any atom is 0.356 e.